The Morgan fingerprint density at radius 3 is 1.29 bits per heavy atom. The van der Waals surface area contributed by atoms with Crippen molar-refractivity contribution in [1.82, 2.24) is 63.5 Å². The molecule has 0 bridgehead atoms. The Kier molecular flexibility index (Phi) is 24.0. The molecule has 3 saturated carbocycles. The average Bonchev–Trinajstić information content (AvgIpc) is 1.63. The second kappa shape index (κ2) is 33.4. The van der Waals surface area contributed by atoms with Gasteiger partial charge in [0.25, 0.3) is 0 Å². The largest absolute Gasteiger partial charge is 0.393 e. The number of hydrogen-bond acceptors (Lipinski definition) is 23. The van der Waals surface area contributed by atoms with Gasteiger partial charge < -0.3 is 69.5 Å². The molecule has 105 heavy (non-hydrogen) atoms. The SMILES string of the molecule is CCC1(O)CCC(c2cc(-c3ccnc(N4CCOCC4)c3)c3cnc(N[C@@H](C)COC)nn23)CC1.CCC1(O)CCC(c2cc(-c3ccnc(N4CCOCC4)c3)c3cnc(N[C@@H](C)COC)nn23)CC1.COC[C@H](C)Nc1ncc2c(-c3cnn(C4COC4)c3)cc([C@@H]3CC[C@@H](O)C(C)(C)C3)n2n1. The second-order valence-electron chi connectivity index (χ2n) is 30.7. The molecule has 3 aliphatic carbocycles. The van der Waals surface area contributed by atoms with E-state index in [-0.39, 0.29) is 29.6 Å². The van der Waals surface area contributed by atoms with Crippen molar-refractivity contribution in [1.29, 1.82) is 0 Å². The molecule has 0 unspecified atom stereocenters. The van der Waals surface area contributed by atoms with E-state index in [1.54, 1.807) is 21.3 Å². The molecule has 0 spiro atoms. The van der Waals surface area contributed by atoms with Crippen molar-refractivity contribution in [3.8, 4) is 33.4 Å². The van der Waals surface area contributed by atoms with E-state index in [9.17, 15) is 15.3 Å². The van der Waals surface area contributed by atoms with E-state index in [2.05, 4.69) is 155 Å². The Labute approximate surface area is 616 Å². The monoisotopic (exact) mass is 1440 g/mol. The van der Waals surface area contributed by atoms with Crippen molar-refractivity contribution >= 4 is 46.0 Å². The zero-order valence-electron chi connectivity index (χ0n) is 63.1. The highest BCUT2D eigenvalue weighted by atomic mass is 16.5. The van der Waals surface area contributed by atoms with Gasteiger partial charge in [0.1, 0.15) is 11.6 Å². The minimum Gasteiger partial charge on any atom is -0.393 e. The van der Waals surface area contributed by atoms with Crippen LogP contribution < -0.4 is 25.8 Å². The summed E-state index contributed by atoms with van der Waals surface area (Å²) in [6.07, 6.45) is 24.5. The minimum absolute atomic E-state index is 0.0939. The summed E-state index contributed by atoms with van der Waals surface area (Å²) in [4.78, 5) is 27.7. The number of morpholine rings is 2. The Bertz CT molecular complexity index is 4130. The highest BCUT2D eigenvalue weighted by Crippen LogP contribution is 2.47. The van der Waals surface area contributed by atoms with Crippen LogP contribution in [0.2, 0.25) is 0 Å². The van der Waals surface area contributed by atoms with E-state index in [4.69, 9.17) is 43.7 Å². The topological polar surface area (TPSA) is 293 Å². The van der Waals surface area contributed by atoms with Gasteiger partial charge in [-0.2, -0.15) is 5.10 Å². The molecule has 6 N–H and O–H groups in total. The average molecular weight is 1440 g/mol. The highest BCUT2D eigenvalue weighted by Gasteiger charge is 2.39. The maximum atomic E-state index is 10.8. The summed E-state index contributed by atoms with van der Waals surface area (Å²) in [5.74, 6) is 4.65. The number of nitrogens with one attached hydrogen (secondary N) is 3. The third-order valence-electron chi connectivity index (χ3n) is 22.6. The third kappa shape index (κ3) is 17.4. The first kappa shape index (κ1) is 75.3. The molecule has 12 heterocycles. The molecule has 3 aliphatic heterocycles. The summed E-state index contributed by atoms with van der Waals surface area (Å²) >= 11 is 0. The van der Waals surface area contributed by atoms with Gasteiger partial charge in [0, 0.05) is 141 Å². The first-order chi connectivity index (χ1) is 50.8. The highest BCUT2D eigenvalue weighted by molar-refractivity contribution is 5.84. The zero-order valence-corrected chi connectivity index (χ0v) is 63.1. The number of ether oxygens (including phenoxy) is 6. The molecular weight excluding hydrogens is 1330 g/mol. The van der Waals surface area contributed by atoms with Crippen LogP contribution in [-0.2, 0) is 28.4 Å². The quantitative estimate of drug-likeness (QED) is 0.0347. The lowest BCUT2D eigenvalue weighted by atomic mass is 9.69. The van der Waals surface area contributed by atoms with Crippen LogP contribution in [0.4, 0.5) is 29.5 Å². The van der Waals surface area contributed by atoms with Gasteiger partial charge in [-0.3, -0.25) is 4.68 Å². The predicted molar refractivity (Wildman–Crippen MR) is 407 cm³/mol. The Morgan fingerprint density at radius 1 is 0.514 bits per heavy atom. The number of fused-ring (bicyclic) bond motifs is 3. The third-order valence-corrected chi connectivity index (χ3v) is 22.6. The molecular formula is C78H110N18O9. The first-order valence-corrected chi connectivity index (χ1v) is 38.1. The van der Waals surface area contributed by atoms with Gasteiger partial charge in [-0.1, -0.05) is 27.7 Å². The van der Waals surface area contributed by atoms with Crippen LogP contribution in [-0.4, -0.2) is 221 Å². The van der Waals surface area contributed by atoms with Gasteiger partial charge in [-0.05, 0) is 163 Å². The molecule has 5 atom stereocenters. The molecule has 15 rings (SSSR count). The van der Waals surface area contributed by atoms with Gasteiger partial charge in [0.15, 0.2) is 0 Å². The number of anilines is 5. The molecule has 566 valence electrons. The number of pyridine rings is 2. The van der Waals surface area contributed by atoms with Crippen LogP contribution in [0.3, 0.4) is 0 Å². The Morgan fingerprint density at radius 2 is 0.914 bits per heavy atom. The van der Waals surface area contributed by atoms with E-state index in [0.29, 0.717) is 74.7 Å². The summed E-state index contributed by atoms with van der Waals surface area (Å²) in [5, 5.41) is 61.5. The Hall–Kier alpha value is -7.99. The maximum absolute atomic E-state index is 10.8. The molecule has 0 radical (unpaired) electrons. The molecule has 9 aromatic rings. The van der Waals surface area contributed by atoms with Gasteiger partial charge in [-0.25, -0.2) is 38.5 Å². The fourth-order valence-corrected chi connectivity index (χ4v) is 16.0. The molecule has 0 aromatic carbocycles. The van der Waals surface area contributed by atoms with Crippen LogP contribution in [0.25, 0.3) is 49.9 Å². The van der Waals surface area contributed by atoms with E-state index in [1.807, 2.05) is 53.3 Å². The maximum Gasteiger partial charge on any atom is 0.241 e. The standard InChI is InChI=1S/2C27H38N6O3.C24H34N6O3/c2*1-4-27(34)8-5-20(6-9-27)23-16-22(21-7-10-28-25(15-21)32-11-13-36-14-12-32)24-17-29-26(31-33(23)24)30-19(2)18-35-3;1-15(12-32-4)27-23-25-10-21-19(17-9-26-29(11-17)18-13-33-14-18)7-20(30(21)28-23)16-5-6-22(31)24(2,3)8-16/h2*7,10,15-17,19-20,34H,4-6,8-9,11-14,18H2,1-3H3,(H,30,31);7,9-11,15-16,18,22,31H,5-6,8,12-14H2,1-4H3,(H,27,28)/t2*19-,20?,27?;15-,16+,22+/m000/s1. The number of aliphatic hydroxyl groups is 3. The Balaban J connectivity index is 0.000000140. The van der Waals surface area contributed by atoms with Crippen LogP contribution in [0.15, 0.2) is 85.8 Å². The lowest BCUT2D eigenvalue weighted by Crippen LogP contribution is -2.36. The van der Waals surface area contributed by atoms with E-state index < -0.39 is 11.2 Å². The molecule has 0 amide bonds. The molecule has 3 saturated heterocycles. The fraction of sp³-hybridized carbons (Fsp3) is 0.603. The fourth-order valence-electron chi connectivity index (χ4n) is 16.0. The number of methoxy groups -OCH3 is 3. The summed E-state index contributed by atoms with van der Waals surface area (Å²) in [7, 11) is 5.08. The number of aromatic nitrogens is 13. The summed E-state index contributed by atoms with van der Waals surface area (Å²) < 4.78 is 40.3. The van der Waals surface area contributed by atoms with Crippen molar-refractivity contribution in [2.45, 2.75) is 191 Å². The number of rotatable bonds is 23. The van der Waals surface area contributed by atoms with Crippen molar-refractivity contribution in [3.05, 3.63) is 103 Å². The zero-order chi connectivity index (χ0) is 73.4. The lowest BCUT2D eigenvalue weighted by Gasteiger charge is -2.39. The minimum atomic E-state index is -0.540. The smallest absolute Gasteiger partial charge is 0.241 e. The summed E-state index contributed by atoms with van der Waals surface area (Å²) in [5.41, 5.74) is 11.8. The second-order valence-corrected chi connectivity index (χ2v) is 30.7. The molecule has 6 fully saturated rings. The van der Waals surface area contributed by atoms with Crippen molar-refractivity contribution < 1.29 is 43.7 Å². The van der Waals surface area contributed by atoms with Gasteiger partial charge >= 0.3 is 0 Å². The van der Waals surface area contributed by atoms with E-state index in [0.717, 1.165) is 203 Å². The van der Waals surface area contributed by atoms with Crippen LogP contribution in [0, 0.1) is 5.41 Å². The first-order valence-electron chi connectivity index (χ1n) is 38.1. The van der Waals surface area contributed by atoms with Crippen LogP contribution in [0.5, 0.6) is 0 Å². The summed E-state index contributed by atoms with van der Waals surface area (Å²) in [6, 6.07) is 15.8. The van der Waals surface area contributed by atoms with Gasteiger partial charge in [0.2, 0.25) is 17.8 Å². The number of aliphatic hydroxyl groups excluding tert-OH is 1. The van der Waals surface area contributed by atoms with E-state index >= 15 is 0 Å². The normalized spacial score (nSPS) is 23.8. The predicted octanol–water partition coefficient (Wildman–Crippen LogP) is 11.0. The number of nitrogens with zero attached hydrogens (tertiary/aromatic N) is 15. The van der Waals surface area contributed by atoms with Gasteiger partial charge in [-0.15, -0.1) is 15.3 Å². The number of hydrogen-bond donors (Lipinski definition) is 6. The van der Waals surface area contributed by atoms with Crippen molar-refractivity contribution in [2.75, 3.05) is 133 Å². The molecule has 27 nitrogen and oxygen atoms in total. The molecule has 9 aromatic heterocycles. The molecule has 6 aliphatic rings. The lowest BCUT2D eigenvalue weighted by molar-refractivity contribution is -0.0286. The van der Waals surface area contributed by atoms with E-state index in [1.165, 1.54) is 11.4 Å². The van der Waals surface area contributed by atoms with Crippen LogP contribution >= 0.6 is 0 Å². The van der Waals surface area contributed by atoms with Crippen LogP contribution in [0.1, 0.15) is 173 Å². The summed E-state index contributed by atoms with van der Waals surface area (Å²) in [6.45, 7) is 24.0. The van der Waals surface area contributed by atoms with Crippen molar-refractivity contribution in [2.24, 2.45) is 5.41 Å². The van der Waals surface area contributed by atoms with Crippen molar-refractivity contribution in [3.63, 3.8) is 0 Å². The molecule has 27 heteroatoms. The van der Waals surface area contributed by atoms with Gasteiger partial charge in [0.05, 0.1) is 124 Å².